The summed E-state index contributed by atoms with van der Waals surface area (Å²) in [5.41, 5.74) is 1.30. The van der Waals surface area contributed by atoms with Crippen molar-refractivity contribution >= 4 is 45.1 Å². The van der Waals surface area contributed by atoms with Crippen LogP contribution in [0.3, 0.4) is 0 Å². The summed E-state index contributed by atoms with van der Waals surface area (Å²) in [5.74, 6) is -0.720. The molecule has 156 valence electrons. The molecule has 2 aliphatic rings. The number of hydrogen-bond donors (Lipinski definition) is 1. The van der Waals surface area contributed by atoms with Gasteiger partial charge in [0.05, 0.1) is 6.10 Å². The maximum absolute atomic E-state index is 13.4. The van der Waals surface area contributed by atoms with Gasteiger partial charge in [-0.3, -0.25) is 14.4 Å². The van der Waals surface area contributed by atoms with E-state index in [4.69, 9.17) is 16.3 Å². The molecule has 2 saturated heterocycles. The first kappa shape index (κ1) is 21.0. The van der Waals surface area contributed by atoms with Crippen molar-refractivity contribution in [3.63, 3.8) is 0 Å². The lowest BCUT2D eigenvalue weighted by atomic mass is 10.0. The Morgan fingerprint density at radius 1 is 1.23 bits per heavy atom. The Hall–Kier alpha value is -2.22. The molecule has 2 aromatic carbocycles. The molecular weight excluding hydrogens is 472 g/mol. The average Bonchev–Trinajstić information content (AvgIpc) is 3.31. The van der Waals surface area contributed by atoms with Gasteiger partial charge in [0, 0.05) is 28.0 Å². The Kier molecular flexibility index (Phi) is 6.22. The number of amides is 2. The van der Waals surface area contributed by atoms with Crippen LogP contribution in [-0.4, -0.2) is 53.8 Å². The van der Waals surface area contributed by atoms with E-state index in [2.05, 4.69) is 21.2 Å². The third kappa shape index (κ3) is 4.43. The van der Waals surface area contributed by atoms with Crippen molar-refractivity contribution in [3.05, 3.63) is 69.2 Å². The van der Waals surface area contributed by atoms with Gasteiger partial charge in [-0.1, -0.05) is 45.7 Å². The summed E-state index contributed by atoms with van der Waals surface area (Å²) in [6.07, 6.45) is 0.659. The van der Waals surface area contributed by atoms with Crippen molar-refractivity contribution < 1.29 is 19.1 Å². The fraction of sp³-hybridized carbons (Fsp3) is 0.318. The molecule has 2 fully saturated rings. The SMILES string of the molecule is O=C(NC(Cc1ccc(Cl)cc1)C(=O)N1CCC2OCC(=O)C21)c1cccc(Br)c1. The van der Waals surface area contributed by atoms with E-state index >= 15 is 0 Å². The van der Waals surface area contributed by atoms with Crippen LogP contribution in [0.15, 0.2) is 53.0 Å². The fourth-order valence-electron chi connectivity index (χ4n) is 3.97. The Bertz CT molecular complexity index is 981. The van der Waals surface area contributed by atoms with E-state index in [-0.39, 0.29) is 30.3 Å². The van der Waals surface area contributed by atoms with Gasteiger partial charge in [-0.2, -0.15) is 0 Å². The van der Waals surface area contributed by atoms with E-state index in [1.165, 1.54) is 0 Å². The van der Waals surface area contributed by atoms with Crippen molar-refractivity contribution in [1.29, 1.82) is 0 Å². The van der Waals surface area contributed by atoms with Crippen molar-refractivity contribution in [2.75, 3.05) is 13.2 Å². The van der Waals surface area contributed by atoms with E-state index in [0.717, 1.165) is 10.0 Å². The Balaban J connectivity index is 1.57. The summed E-state index contributed by atoms with van der Waals surface area (Å²) in [6.45, 7) is 0.467. The number of carbonyl (C=O) groups excluding carboxylic acids is 3. The second-order valence-electron chi connectivity index (χ2n) is 7.45. The number of ketones is 1. The van der Waals surface area contributed by atoms with Crippen LogP contribution >= 0.6 is 27.5 Å². The molecule has 2 aromatic rings. The molecule has 2 amide bonds. The molecule has 4 rings (SSSR count). The smallest absolute Gasteiger partial charge is 0.251 e. The lowest BCUT2D eigenvalue weighted by molar-refractivity contribution is -0.138. The molecule has 0 saturated carbocycles. The number of halogens is 2. The van der Waals surface area contributed by atoms with Crippen LogP contribution in [0.4, 0.5) is 0 Å². The molecule has 6 nitrogen and oxygen atoms in total. The Labute approximate surface area is 187 Å². The lowest BCUT2D eigenvalue weighted by Crippen LogP contribution is -2.53. The highest BCUT2D eigenvalue weighted by Gasteiger charge is 2.48. The summed E-state index contributed by atoms with van der Waals surface area (Å²) < 4.78 is 6.26. The van der Waals surface area contributed by atoms with Crippen molar-refractivity contribution in [2.24, 2.45) is 0 Å². The Morgan fingerprint density at radius 3 is 2.73 bits per heavy atom. The van der Waals surface area contributed by atoms with E-state index in [1.54, 1.807) is 35.2 Å². The zero-order chi connectivity index (χ0) is 21.3. The highest BCUT2D eigenvalue weighted by molar-refractivity contribution is 9.10. The fourth-order valence-corrected chi connectivity index (χ4v) is 4.49. The standard InChI is InChI=1S/C22H20BrClN2O4/c23-15-3-1-2-14(11-15)21(28)25-17(10-13-4-6-16(24)7-5-13)22(29)26-9-8-19-20(26)18(27)12-30-19/h1-7,11,17,19-20H,8-10,12H2,(H,25,28). The average molecular weight is 492 g/mol. The molecule has 2 aliphatic heterocycles. The minimum absolute atomic E-state index is 0.0331. The zero-order valence-corrected chi connectivity index (χ0v) is 18.4. The number of Topliss-reactive ketones (excluding diaryl/α,β-unsaturated/α-hetero) is 1. The van der Waals surface area contributed by atoms with Gasteiger partial charge < -0.3 is 15.0 Å². The number of carbonyl (C=O) groups is 3. The van der Waals surface area contributed by atoms with Crippen molar-refractivity contribution in [3.8, 4) is 0 Å². The van der Waals surface area contributed by atoms with Gasteiger partial charge in [0.1, 0.15) is 18.7 Å². The number of fused-ring (bicyclic) bond motifs is 1. The molecule has 1 N–H and O–H groups in total. The summed E-state index contributed by atoms with van der Waals surface area (Å²) in [5, 5.41) is 3.45. The molecule has 0 spiro atoms. The van der Waals surface area contributed by atoms with Gasteiger partial charge in [0.25, 0.3) is 5.91 Å². The topological polar surface area (TPSA) is 75.7 Å². The molecule has 30 heavy (non-hydrogen) atoms. The van der Waals surface area contributed by atoms with Gasteiger partial charge in [-0.05, 0) is 42.3 Å². The molecule has 0 aliphatic carbocycles. The number of ether oxygens (including phenoxy) is 1. The molecule has 3 atom stereocenters. The third-order valence-corrected chi connectivity index (χ3v) is 6.18. The third-order valence-electron chi connectivity index (χ3n) is 5.44. The first-order valence-electron chi connectivity index (χ1n) is 9.68. The predicted octanol–water partition coefficient (Wildman–Crippen LogP) is 3.01. The van der Waals surface area contributed by atoms with E-state index in [9.17, 15) is 14.4 Å². The molecule has 0 aromatic heterocycles. The molecule has 2 heterocycles. The van der Waals surface area contributed by atoms with E-state index in [0.29, 0.717) is 30.0 Å². The van der Waals surface area contributed by atoms with Gasteiger partial charge >= 0.3 is 0 Å². The number of likely N-dealkylation sites (tertiary alicyclic amines) is 1. The van der Waals surface area contributed by atoms with Crippen LogP contribution in [0.2, 0.25) is 5.02 Å². The van der Waals surface area contributed by atoms with Crippen LogP contribution in [0.5, 0.6) is 0 Å². The summed E-state index contributed by atoms with van der Waals surface area (Å²) in [4.78, 5) is 40.1. The van der Waals surface area contributed by atoms with Crippen LogP contribution in [0.1, 0.15) is 22.3 Å². The van der Waals surface area contributed by atoms with Gasteiger partial charge in [-0.15, -0.1) is 0 Å². The van der Waals surface area contributed by atoms with Crippen LogP contribution < -0.4 is 5.32 Å². The zero-order valence-electron chi connectivity index (χ0n) is 16.0. The maximum Gasteiger partial charge on any atom is 0.251 e. The molecule has 0 radical (unpaired) electrons. The highest BCUT2D eigenvalue weighted by Crippen LogP contribution is 2.28. The number of rotatable bonds is 5. The monoisotopic (exact) mass is 490 g/mol. The van der Waals surface area contributed by atoms with Gasteiger partial charge in [0.15, 0.2) is 5.78 Å². The lowest BCUT2D eigenvalue weighted by Gasteiger charge is -2.27. The summed E-state index contributed by atoms with van der Waals surface area (Å²) in [7, 11) is 0. The second-order valence-corrected chi connectivity index (χ2v) is 8.80. The van der Waals surface area contributed by atoms with Gasteiger partial charge in [-0.25, -0.2) is 0 Å². The number of nitrogens with one attached hydrogen (secondary N) is 1. The quantitative estimate of drug-likeness (QED) is 0.698. The van der Waals surface area contributed by atoms with Crippen molar-refractivity contribution in [2.45, 2.75) is 31.0 Å². The van der Waals surface area contributed by atoms with Crippen LogP contribution in [0.25, 0.3) is 0 Å². The van der Waals surface area contributed by atoms with E-state index in [1.807, 2.05) is 18.2 Å². The number of hydrogen-bond acceptors (Lipinski definition) is 4. The summed E-state index contributed by atoms with van der Waals surface area (Å²) in [6, 6.07) is 12.7. The molecular formula is C22H20BrClN2O4. The van der Waals surface area contributed by atoms with Crippen LogP contribution in [0, 0.1) is 0 Å². The largest absolute Gasteiger partial charge is 0.368 e. The first-order chi connectivity index (χ1) is 14.4. The minimum atomic E-state index is -0.815. The maximum atomic E-state index is 13.4. The predicted molar refractivity (Wildman–Crippen MR) is 115 cm³/mol. The molecule has 3 unspecified atom stereocenters. The molecule has 0 bridgehead atoms. The van der Waals surface area contributed by atoms with Crippen molar-refractivity contribution in [1.82, 2.24) is 10.2 Å². The first-order valence-corrected chi connectivity index (χ1v) is 10.8. The normalized spacial score (nSPS) is 21.4. The number of benzene rings is 2. The second kappa shape index (κ2) is 8.88. The summed E-state index contributed by atoms with van der Waals surface area (Å²) >= 11 is 9.33. The Morgan fingerprint density at radius 2 is 2.00 bits per heavy atom. The van der Waals surface area contributed by atoms with E-state index < -0.39 is 12.1 Å². The minimum Gasteiger partial charge on any atom is -0.368 e. The number of nitrogens with zero attached hydrogens (tertiary/aromatic N) is 1. The highest BCUT2D eigenvalue weighted by atomic mass is 79.9. The van der Waals surface area contributed by atoms with Crippen LogP contribution in [-0.2, 0) is 20.7 Å². The van der Waals surface area contributed by atoms with Gasteiger partial charge in [0.2, 0.25) is 5.91 Å². The molecule has 8 heteroatoms.